The minimum Gasteiger partial charge on any atom is -0.348 e. The van der Waals surface area contributed by atoms with Gasteiger partial charge in [0.1, 0.15) is 0 Å². The summed E-state index contributed by atoms with van der Waals surface area (Å²) in [4.78, 5) is 19.0. The van der Waals surface area contributed by atoms with Crippen LogP contribution in [-0.2, 0) is 19.6 Å². The van der Waals surface area contributed by atoms with E-state index >= 15 is 0 Å². The van der Waals surface area contributed by atoms with Crippen molar-refractivity contribution in [3.63, 3.8) is 0 Å². The van der Waals surface area contributed by atoms with Crippen LogP contribution < -0.4 is 5.32 Å². The maximum Gasteiger partial charge on any atom is 0.252 e. The van der Waals surface area contributed by atoms with Gasteiger partial charge in [0.05, 0.1) is 30.2 Å². The molecule has 4 heterocycles. The molecular formula is C24H22N6OS. The van der Waals surface area contributed by atoms with Gasteiger partial charge in [-0.3, -0.25) is 9.48 Å². The number of hydrogen-bond donors (Lipinski definition) is 1. The van der Waals surface area contributed by atoms with Crippen molar-refractivity contribution < 1.29 is 4.79 Å². The molecule has 1 amide bonds. The van der Waals surface area contributed by atoms with Crippen LogP contribution >= 0.6 is 11.3 Å². The topological polar surface area (TPSA) is 77.6 Å². The number of thiophene rings is 1. The highest BCUT2D eigenvalue weighted by atomic mass is 32.1. The van der Waals surface area contributed by atoms with Gasteiger partial charge in [0.25, 0.3) is 5.91 Å². The highest BCUT2D eigenvalue weighted by molar-refractivity contribution is 7.09. The van der Waals surface area contributed by atoms with Crippen molar-refractivity contribution in [2.75, 3.05) is 0 Å². The minimum atomic E-state index is -0.134. The van der Waals surface area contributed by atoms with E-state index in [1.807, 2.05) is 64.3 Å². The van der Waals surface area contributed by atoms with E-state index in [1.165, 1.54) is 4.88 Å². The summed E-state index contributed by atoms with van der Waals surface area (Å²) in [5.74, 6) is -0.134. The molecule has 0 aliphatic heterocycles. The highest BCUT2D eigenvalue weighted by Gasteiger charge is 2.16. The number of carbonyl (C=O) groups excluding carboxylic acids is 1. The summed E-state index contributed by atoms with van der Waals surface area (Å²) < 4.78 is 3.72. The van der Waals surface area contributed by atoms with Crippen LogP contribution in [0, 0.1) is 6.92 Å². The van der Waals surface area contributed by atoms with E-state index in [0.717, 1.165) is 27.9 Å². The Morgan fingerprint density at radius 2 is 1.94 bits per heavy atom. The van der Waals surface area contributed by atoms with Crippen LogP contribution in [0.4, 0.5) is 0 Å². The van der Waals surface area contributed by atoms with Crippen LogP contribution in [0.5, 0.6) is 0 Å². The Labute approximate surface area is 189 Å². The normalized spacial score (nSPS) is 11.2. The Bertz CT molecular complexity index is 1350. The third-order valence-corrected chi connectivity index (χ3v) is 6.18. The zero-order valence-electron chi connectivity index (χ0n) is 17.6. The first-order valence-corrected chi connectivity index (χ1v) is 11.2. The van der Waals surface area contributed by atoms with Gasteiger partial charge in [-0.25, -0.2) is 9.67 Å². The number of hydrogen-bond acceptors (Lipinski definition) is 5. The second-order valence-corrected chi connectivity index (χ2v) is 8.62. The molecule has 0 saturated carbocycles. The number of benzene rings is 1. The average Bonchev–Trinajstić information content (AvgIpc) is 3.56. The second-order valence-electron chi connectivity index (χ2n) is 7.59. The van der Waals surface area contributed by atoms with Gasteiger partial charge in [0, 0.05) is 29.5 Å². The summed E-state index contributed by atoms with van der Waals surface area (Å²) in [5.41, 5.74) is 4.29. The Balaban J connectivity index is 1.37. The molecule has 5 rings (SSSR count). The molecule has 4 aromatic heterocycles. The third kappa shape index (κ3) is 4.17. The lowest BCUT2D eigenvalue weighted by Crippen LogP contribution is -2.24. The van der Waals surface area contributed by atoms with Crippen LogP contribution in [0.3, 0.4) is 0 Å². The molecule has 0 radical (unpaired) electrons. The van der Waals surface area contributed by atoms with Crippen LogP contribution in [-0.4, -0.2) is 30.5 Å². The van der Waals surface area contributed by atoms with Gasteiger partial charge in [-0.05, 0) is 41.6 Å². The largest absolute Gasteiger partial charge is 0.348 e. The minimum absolute atomic E-state index is 0.134. The number of amides is 1. The van der Waals surface area contributed by atoms with Gasteiger partial charge >= 0.3 is 0 Å². The van der Waals surface area contributed by atoms with Crippen molar-refractivity contribution >= 4 is 28.3 Å². The summed E-state index contributed by atoms with van der Waals surface area (Å²) in [6.45, 7) is 3.63. The zero-order valence-corrected chi connectivity index (χ0v) is 18.4. The van der Waals surface area contributed by atoms with Crippen LogP contribution in [0.15, 0.2) is 72.5 Å². The Kier molecular flexibility index (Phi) is 5.51. The first-order valence-electron chi connectivity index (χ1n) is 10.4. The van der Waals surface area contributed by atoms with Crippen molar-refractivity contribution in [2.24, 2.45) is 0 Å². The number of aryl methyl sites for hydroxylation is 1. The monoisotopic (exact) mass is 442 g/mol. The quantitative estimate of drug-likeness (QED) is 0.413. The van der Waals surface area contributed by atoms with E-state index in [-0.39, 0.29) is 5.91 Å². The van der Waals surface area contributed by atoms with E-state index in [4.69, 9.17) is 0 Å². The van der Waals surface area contributed by atoms with Crippen LogP contribution in [0.2, 0.25) is 0 Å². The molecule has 8 heteroatoms. The van der Waals surface area contributed by atoms with Crippen molar-refractivity contribution in [1.82, 2.24) is 29.9 Å². The fourth-order valence-electron chi connectivity index (χ4n) is 3.75. The molecule has 0 unspecified atom stereocenters. The number of rotatable bonds is 7. The Hall–Kier alpha value is -3.78. The molecule has 0 bridgehead atoms. The smallest absolute Gasteiger partial charge is 0.252 e. The molecule has 0 saturated heterocycles. The molecule has 0 fully saturated rings. The zero-order chi connectivity index (χ0) is 21.9. The van der Waals surface area contributed by atoms with Gasteiger partial charge < -0.3 is 5.32 Å². The molecule has 160 valence electrons. The van der Waals surface area contributed by atoms with Gasteiger partial charge in [-0.2, -0.15) is 10.2 Å². The van der Waals surface area contributed by atoms with E-state index in [0.29, 0.717) is 25.2 Å². The molecule has 0 aliphatic rings. The van der Waals surface area contributed by atoms with Crippen molar-refractivity contribution in [1.29, 1.82) is 0 Å². The molecule has 32 heavy (non-hydrogen) atoms. The first kappa shape index (κ1) is 20.1. The lowest BCUT2D eigenvalue weighted by Gasteiger charge is -2.12. The molecule has 0 aliphatic carbocycles. The third-order valence-electron chi connectivity index (χ3n) is 5.32. The average molecular weight is 443 g/mol. The molecule has 5 aromatic rings. The number of carbonyl (C=O) groups is 1. The molecule has 1 N–H and O–H groups in total. The summed E-state index contributed by atoms with van der Waals surface area (Å²) >= 11 is 1.68. The number of aromatic nitrogens is 5. The summed E-state index contributed by atoms with van der Waals surface area (Å²) in [6, 6.07) is 15.9. The van der Waals surface area contributed by atoms with Gasteiger partial charge in [-0.15, -0.1) is 11.3 Å². The number of pyridine rings is 1. The lowest BCUT2D eigenvalue weighted by atomic mass is 10.1. The molecule has 0 atom stereocenters. The maximum absolute atomic E-state index is 13.1. The lowest BCUT2D eigenvalue weighted by molar-refractivity contribution is 0.0952. The number of nitrogens with one attached hydrogen (secondary N) is 1. The predicted molar refractivity (Wildman–Crippen MR) is 125 cm³/mol. The van der Waals surface area contributed by atoms with Gasteiger partial charge in [0.2, 0.25) is 0 Å². The molecule has 0 spiro atoms. The van der Waals surface area contributed by atoms with Crippen molar-refractivity contribution in [2.45, 2.75) is 26.6 Å². The van der Waals surface area contributed by atoms with Crippen molar-refractivity contribution in [3.05, 3.63) is 99.8 Å². The SMILES string of the molecule is Cc1cc(C(=O)NCc2ccccc2Cn2cccn2)c2cnn(Cc3cccs3)c2n1. The molecular weight excluding hydrogens is 420 g/mol. The predicted octanol–water partition coefficient (Wildman–Crippen LogP) is 4.02. The van der Waals surface area contributed by atoms with E-state index in [2.05, 4.69) is 32.6 Å². The second kappa shape index (κ2) is 8.76. The number of nitrogens with zero attached hydrogens (tertiary/aromatic N) is 5. The standard InChI is InChI=1S/C24H22N6OS/c1-17-12-21(22-14-27-30(23(22)28-17)16-20-8-4-11-32-20)24(31)25-13-18-6-2-3-7-19(18)15-29-10-5-9-26-29/h2-12,14H,13,15-16H2,1H3,(H,25,31). The fourth-order valence-corrected chi connectivity index (χ4v) is 4.44. The van der Waals surface area contributed by atoms with Gasteiger partial charge in [-0.1, -0.05) is 30.3 Å². The summed E-state index contributed by atoms with van der Waals surface area (Å²) in [5, 5.41) is 14.7. The summed E-state index contributed by atoms with van der Waals surface area (Å²) in [6.07, 6.45) is 5.43. The fraction of sp³-hybridized carbons (Fsp3) is 0.167. The Morgan fingerprint density at radius 1 is 1.06 bits per heavy atom. The molecule has 1 aromatic carbocycles. The van der Waals surface area contributed by atoms with E-state index in [9.17, 15) is 4.79 Å². The van der Waals surface area contributed by atoms with Gasteiger partial charge in [0.15, 0.2) is 5.65 Å². The van der Waals surface area contributed by atoms with E-state index < -0.39 is 0 Å². The highest BCUT2D eigenvalue weighted by Crippen LogP contribution is 2.21. The first-order chi connectivity index (χ1) is 15.7. The molecule has 7 nitrogen and oxygen atoms in total. The summed E-state index contributed by atoms with van der Waals surface area (Å²) in [7, 11) is 0. The van der Waals surface area contributed by atoms with E-state index in [1.54, 1.807) is 23.7 Å². The Morgan fingerprint density at radius 3 is 2.72 bits per heavy atom. The number of fused-ring (bicyclic) bond motifs is 1. The van der Waals surface area contributed by atoms with Crippen LogP contribution in [0.25, 0.3) is 11.0 Å². The van der Waals surface area contributed by atoms with Crippen LogP contribution in [0.1, 0.15) is 32.1 Å². The van der Waals surface area contributed by atoms with Crippen molar-refractivity contribution in [3.8, 4) is 0 Å². The maximum atomic E-state index is 13.1.